The molecule has 0 bridgehead atoms. The molecule has 1 aromatic carbocycles. The van der Waals surface area contributed by atoms with Crippen LogP contribution in [0, 0.1) is 5.92 Å². The van der Waals surface area contributed by atoms with Crippen molar-refractivity contribution in [2.24, 2.45) is 5.92 Å². The first kappa shape index (κ1) is 11.9. The minimum absolute atomic E-state index is 0.464. The Morgan fingerprint density at radius 3 is 2.53 bits per heavy atom. The fraction of sp³-hybridized carbons (Fsp3) is 0.538. The Morgan fingerprint density at radius 2 is 1.93 bits per heavy atom. The van der Waals surface area contributed by atoms with E-state index < -0.39 is 0 Å². The Bertz CT molecular complexity index is 298. The highest BCUT2D eigenvalue weighted by Crippen LogP contribution is 2.25. The van der Waals surface area contributed by atoms with Crippen molar-refractivity contribution in [3.05, 3.63) is 24.3 Å². The third-order valence-corrected chi connectivity index (χ3v) is 2.99. The van der Waals surface area contributed by atoms with Crippen LogP contribution in [0.3, 0.4) is 0 Å². The van der Waals surface area contributed by atoms with Gasteiger partial charge in [0.1, 0.15) is 5.75 Å². The molecule has 0 radical (unpaired) electrons. The summed E-state index contributed by atoms with van der Waals surface area (Å²) in [4.78, 5) is 0. The van der Waals surface area contributed by atoms with E-state index in [1.54, 1.807) is 7.11 Å². The Kier molecular flexibility index (Phi) is 4.47. The Balaban J connectivity index is 2.71. The normalized spacial score (nSPS) is 14.4. The van der Waals surface area contributed by atoms with Gasteiger partial charge >= 0.3 is 0 Å². The van der Waals surface area contributed by atoms with Gasteiger partial charge in [0.05, 0.1) is 12.8 Å². The molecule has 1 N–H and O–H groups in total. The molecule has 0 aliphatic heterocycles. The maximum absolute atomic E-state index is 5.30. The Hall–Kier alpha value is -1.18. The standard InChI is InChI=1S/C13H21NO/c1-5-10(2)11(3)14-12-8-6-7-9-13(12)15-4/h6-11,14H,5H2,1-4H3/t10-,11+/m1/s1. The van der Waals surface area contributed by atoms with Crippen LogP contribution in [0.15, 0.2) is 24.3 Å². The van der Waals surface area contributed by atoms with Crippen molar-refractivity contribution in [3.8, 4) is 5.75 Å². The Labute approximate surface area is 92.6 Å². The second kappa shape index (κ2) is 5.64. The van der Waals surface area contributed by atoms with Crippen LogP contribution in [-0.4, -0.2) is 13.2 Å². The molecule has 0 saturated carbocycles. The minimum atomic E-state index is 0.464. The second-order valence-electron chi connectivity index (χ2n) is 4.02. The molecular formula is C13H21NO. The smallest absolute Gasteiger partial charge is 0.141 e. The average molecular weight is 207 g/mol. The summed E-state index contributed by atoms with van der Waals surface area (Å²) in [5.41, 5.74) is 1.08. The predicted molar refractivity (Wildman–Crippen MR) is 65.5 cm³/mol. The lowest BCUT2D eigenvalue weighted by atomic mass is 10.0. The number of hydrogen-bond acceptors (Lipinski definition) is 2. The zero-order valence-corrected chi connectivity index (χ0v) is 10.1. The molecular weight excluding hydrogens is 186 g/mol. The first-order valence-corrected chi connectivity index (χ1v) is 5.58. The summed E-state index contributed by atoms with van der Waals surface area (Å²) in [6.45, 7) is 6.68. The molecule has 84 valence electrons. The largest absolute Gasteiger partial charge is 0.495 e. The molecule has 1 aromatic rings. The molecule has 0 fully saturated rings. The molecule has 0 heterocycles. The van der Waals surface area contributed by atoms with Crippen LogP contribution in [0.5, 0.6) is 5.75 Å². The first-order valence-electron chi connectivity index (χ1n) is 5.58. The molecule has 0 spiro atoms. The lowest BCUT2D eigenvalue weighted by Gasteiger charge is -2.22. The van der Waals surface area contributed by atoms with E-state index in [2.05, 4.69) is 32.2 Å². The van der Waals surface area contributed by atoms with Crippen molar-refractivity contribution in [2.45, 2.75) is 33.2 Å². The number of ether oxygens (including phenoxy) is 1. The number of benzene rings is 1. The molecule has 2 nitrogen and oxygen atoms in total. The number of rotatable bonds is 5. The first-order chi connectivity index (χ1) is 7.19. The van der Waals surface area contributed by atoms with Gasteiger partial charge in [0.2, 0.25) is 0 Å². The second-order valence-corrected chi connectivity index (χ2v) is 4.02. The van der Waals surface area contributed by atoms with Crippen LogP contribution in [0.1, 0.15) is 27.2 Å². The van der Waals surface area contributed by atoms with Crippen molar-refractivity contribution in [1.29, 1.82) is 0 Å². The summed E-state index contributed by atoms with van der Waals surface area (Å²) in [5.74, 6) is 1.57. The lowest BCUT2D eigenvalue weighted by Crippen LogP contribution is -2.23. The fourth-order valence-electron chi connectivity index (χ4n) is 1.50. The third kappa shape index (κ3) is 3.15. The van der Waals surface area contributed by atoms with Crippen LogP contribution < -0.4 is 10.1 Å². The predicted octanol–water partition coefficient (Wildman–Crippen LogP) is 3.54. The van der Waals surface area contributed by atoms with E-state index in [1.807, 2.05) is 18.2 Å². The number of para-hydroxylation sites is 2. The van der Waals surface area contributed by atoms with Crippen LogP contribution in [0.2, 0.25) is 0 Å². The zero-order valence-electron chi connectivity index (χ0n) is 10.1. The van der Waals surface area contributed by atoms with E-state index in [-0.39, 0.29) is 0 Å². The highest BCUT2D eigenvalue weighted by atomic mass is 16.5. The van der Waals surface area contributed by atoms with Gasteiger partial charge in [-0.1, -0.05) is 32.4 Å². The number of methoxy groups -OCH3 is 1. The molecule has 0 aromatic heterocycles. The minimum Gasteiger partial charge on any atom is -0.495 e. The monoisotopic (exact) mass is 207 g/mol. The molecule has 0 aliphatic carbocycles. The van der Waals surface area contributed by atoms with Gasteiger partial charge in [0, 0.05) is 6.04 Å². The lowest BCUT2D eigenvalue weighted by molar-refractivity contribution is 0.414. The zero-order chi connectivity index (χ0) is 11.3. The summed E-state index contributed by atoms with van der Waals surface area (Å²) in [6.07, 6.45) is 1.18. The van der Waals surface area contributed by atoms with E-state index in [1.165, 1.54) is 6.42 Å². The van der Waals surface area contributed by atoms with Crippen LogP contribution >= 0.6 is 0 Å². The summed E-state index contributed by atoms with van der Waals surface area (Å²) in [5, 5.41) is 3.49. The van der Waals surface area contributed by atoms with Gasteiger partial charge in [-0.15, -0.1) is 0 Å². The molecule has 2 heteroatoms. The van der Waals surface area contributed by atoms with Crippen LogP contribution in [-0.2, 0) is 0 Å². The average Bonchev–Trinajstić information content (AvgIpc) is 2.28. The number of nitrogens with one attached hydrogen (secondary N) is 1. The van der Waals surface area contributed by atoms with E-state index in [0.717, 1.165) is 11.4 Å². The van der Waals surface area contributed by atoms with Gasteiger partial charge in [0.15, 0.2) is 0 Å². The van der Waals surface area contributed by atoms with Gasteiger partial charge in [0.25, 0.3) is 0 Å². The van der Waals surface area contributed by atoms with Crippen LogP contribution in [0.25, 0.3) is 0 Å². The molecule has 1 rings (SSSR count). The van der Waals surface area contributed by atoms with Crippen molar-refractivity contribution in [1.82, 2.24) is 0 Å². The van der Waals surface area contributed by atoms with Gasteiger partial charge in [-0.05, 0) is 25.0 Å². The van der Waals surface area contributed by atoms with Gasteiger partial charge in [-0.25, -0.2) is 0 Å². The molecule has 0 aliphatic rings. The van der Waals surface area contributed by atoms with Crippen molar-refractivity contribution in [3.63, 3.8) is 0 Å². The topological polar surface area (TPSA) is 21.3 Å². The summed E-state index contributed by atoms with van der Waals surface area (Å²) in [7, 11) is 1.70. The molecule has 2 atom stereocenters. The highest BCUT2D eigenvalue weighted by Gasteiger charge is 2.11. The number of anilines is 1. The molecule has 0 unspecified atom stereocenters. The summed E-state index contributed by atoms with van der Waals surface area (Å²) < 4.78 is 5.30. The molecule has 15 heavy (non-hydrogen) atoms. The van der Waals surface area contributed by atoms with E-state index in [4.69, 9.17) is 4.74 Å². The Morgan fingerprint density at radius 1 is 1.27 bits per heavy atom. The maximum Gasteiger partial charge on any atom is 0.141 e. The van der Waals surface area contributed by atoms with E-state index >= 15 is 0 Å². The SMILES string of the molecule is CC[C@@H](C)[C@H](C)Nc1ccccc1OC. The van der Waals surface area contributed by atoms with Gasteiger partial charge in [-0.3, -0.25) is 0 Å². The molecule has 0 saturated heterocycles. The van der Waals surface area contributed by atoms with Crippen molar-refractivity contribution < 1.29 is 4.74 Å². The van der Waals surface area contributed by atoms with E-state index in [9.17, 15) is 0 Å². The summed E-state index contributed by atoms with van der Waals surface area (Å²) in [6, 6.07) is 8.50. The number of hydrogen-bond donors (Lipinski definition) is 1. The van der Waals surface area contributed by atoms with Crippen molar-refractivity contribution in [2.75, 3.05) is 12.4 Å². The highest BCUT2D eigenvalue weighted by molar-refractivity contribution is 5.56. The van der Waals surface area contributed by atoms with Gasteiger partial charge < -0.3 is 10.1 Å². The van der Waals surface area contributed by atoms with E-state index in [0.29, 0.717) is 12.0 Å². The van der Waals surface area contributed by atoms with Crippen molar-refractivity contribution >= 4 is 5.69 Å². The molecule has 0 amide bonds. The van der Waals surface area contributed by atoms with Gasteiger partial charge in [-0.2, -0.15) is 0 Å². The summed E-state index contributed by atoms with van der Waals surface area (Å²) >= 11 is 0. The quantitative estimate of drug-likeness (QED) is 0.797. The van der Waals surface area contributed by atoms with Crippen LogP contribution in [0.4, 0.5) is 5.69 Å². The fourth-order valence-corrected chi connectivity index (χ4v) is 1.50. The third-order valence-electron chi connectivity index (χ3n) is 2.99. The maximum atomic E-state index is 5.30.